The second kappa shape index (κ2) is 4.22. The number of aryl methyl sites for hydroxylation is 1. The Balaban J connectivity index is 2.37. The Morgan fingerprint density at radius 1 is 1.33 bits per heavy atom. The van der Waals surface area contributed by atoms with Gasteiger partial charge in [0.05, 0.1) is 17.4 Å². The van der Waals surface area contributed by atoms with Crippen LogP contribution in [0.25, 0.3) is 17.0 Å². The Bertz CT molecular complexity index is 717. The predicted octanol–water partition coefficient (Wildman–Crippen LogP) is 2.65. The van der Waals surface area contributed by atoms with E-state index in [9.17, 15) is 0 Å². The molecule has 0 saturated heterocycles. The zero-order valence-corrected chi connectivity index (χ0v) is 11.2. The predicted molar refractivity (Wildman–Crippen MR) is 72.9 cm³/mol. The van der Waals surface area contributed by atoms with Gasteiger partial charge >= 0.3 is 0 Å². The highest BCUT2D eigenvalue weighted by molar-refractivity contribution is 6.99. The summed E-state index contributed by atoms with van der Waals surface area (Å²) in [6.07, 6.45) is 0.789. The number of nitrogen functional groups attached to an aromatic ring is 1. The van der Waals surface area contributed by atoms with E-state index in [1.165, 1.54) is 0 Å². The summed E-state index contributed by atoms with van der Waals surface area (Å²) in [5, 5.41) is 0.630. The van der Waals surface area contributed by atoms with Crippen LogP contribution in [0.2, 0.25) is 5.15 Å². The van der Waals surface area contributed by atoms with Gasteiger partial charge in [-0.15, -0.1) is 0 Å². The van der Waals surface area contributed by atoms with Crippen molar-refractivity contribution in [1.29, 1.82) is 0 Å². The van der Waals surface area contributed by atoms with Crippen LogP contribution in [0.1, 0.15) is 12.6 Å². The number of fused-ring (bicyclic) bond motifs is 1. The third-order valence-corrected chi connectivity index (χ3v) is 3.60. The lowest BCUT2D eigenvalue weighted by Gasteiger charge is -2.02. The first kappa shape index (κ1) is 11.4. The summed E-state index contributed by atoms with van der Waals surface area (Å²) in [5.41, 5.74) is 9.00. The Kier molecular flexibility index (Phi) is 2.68. The molecule has 0 unspecified atom stereocenters. The highest BCUT2D eigenvalue weighted by atomic mass is 35.5. The number of anilines is 1. The zero-order chi connectivity index (χ0) is 12.7. The second-order valence-corrected chi connectivity index (χ2v) is 4.72. The van der Waals surface area contributed by atoms with Crippen molar-refractivity contribution < 1.29 is 0 Å². The Labute approximate surface area is 113 Å². The number of aromatic nitrogens is 4. The molecule has 0 fully saturated rings. The fraction of sp³-hybridized carbons (Fsp3) is 0.182. The van der Waals surface area contributed by atoms with Crippen LogP contribution in [0.3, 0.4) is 0 Å². The van der Waals surface area contributed by atoms with Gasteiger partial charge in [-0.25, -0.2) is 4.98 Å². The molecule has 0 atom stereocenters. The van der Waals surface area contributed by atoms with Crippen LogP contribution in [-0.4, -0.2) is 18.1 Å². The van der Waals surface area contributed by atoms with Gasteiger partial charge in [-0.1, -0.05) is 24.6 Å². The number of nitrogens with zero attached hydrogens (tertiary/aromatic N) is 4. The summed E-state index contributed by atoms with van der Waals surface area (Å²) in [6, 6.07) is 5.61. The summed E-state index contributed by atoms with van der Waals surface area (Å²) in [7, 11) is 0. The van der Waals surface area contributed by atoms with Crippen molar-refractivity contribution in [2.24, 2.45) is 0 Å². The van der Waals surface area contributed by atoms with Gasteiger partial charge in [0, 0.05) is 0 Å². The molecular weight excluding hydrogens is 270 g/mol. The molecule has 0 aromatic carbocycles. The molecule has 3 heterocycles. The van der Waals surface area contributed by atoms with E-state index in [1.807, 2.05) is 29.5 Å². The van der Waals surface area contributed by atoms with Gasteiger partial charge in [0.15, 0.2) is 5.82 Å². The summed E-state index contributed by atoms with van der Waals surface area (Å²) < 4.78 is 10.1. The van der Waals surface area contributed by atoms with Crippen LogP contribution in [0.4, 0.5) is 5.82 Å². The van der Waals surface area contributed by atoms with E-state index in [0.29, 0.717) is 16.7 Å². The Morgan fingerprint density at radius 2 is 2.17 bits per heavy atom. The number of rotatable bonds is 2. The lowest BCUT2D eigenvalue weighted by Crippen LogP contribution is -1.95. The van der Waals surface area contributed by atoms with E-state index in [2.05, 4.69) is 13.7 Å². The van der Waals surface area contributed by atoms with Crippen molar-refractivity contribution in [3.63, 3.8) is 0 Å². The van der Waals surface area contributed by atoms with Gasteiger partial charge in [0.25, 0.3) is 0 Å². The number of pyridine rings is 1. The van der Waals surface area contributed by atoms with E-state index in [4.69, 9.17) is 17.3 Å². The normalized spacial score (nSPS) is 11.2. The highest BCUT2D eigenvalue weighted by Gasteiger charge is 2.18. The number of hydrogen-bond donors (Lipinski definition) is 1. The van der Waals surface area contributed by atoms with Gasteiger partial charge in [-0.3, -0.25) is 4.40 Å². The third kappa shape index (κ3) is 1.57. The maximum atomic E-state index is 6.21. The fourth-order valence-corrected chi connectivity index (χ4v) is 2.72. The van der Waals surface area contributed by atoms with Crippen molar-refractivity contribution >= 4 is 34.8 Å². The minimum absolute atomic E-state index is 0.411. The van der Waals surface area contributed by atoms with E-state index < -0.39 is 0 Å². The van der Waals surface area contributed by atoms with Gasteiger partial charge < -0.3 is 5.73 Å². The van der Waals surface area contributed by atoms with Gasteiger partial charge in [-0.05, 0) is 18.6 Å². The van der Waals surface area contributed by atoms with Crippen molar-refractivity contribution in [1.82, 2.24) is 18.1 Å². The maximum Gasteiger partial charge on any atom is 0.167 e. The lowest BCUT2D eigenvalue weighted by atomic mass is 10.2. The smallest absolute Gasteiger partial charge is 0.167 e. The molecule has 92 valence electrons. The molecule has 5 nitrogen and oxygen atoms in total. The Morgan fingerprint density at radius 3 is 2.83 bits per heavy atom. The minimum Gasteiger partial charge on any atom is -0.381 e. The molecule has 0 aliphatic carbocycles. The molecule has 0 spiro atoms. The van der Waals surface area contributed by atoms with Gasteiger partial charge in [0.1, 0.15) is 22.2 Å². The molecule has 0 bridgehead atoms. The molecular formula is C11H10ClN5S. The SMILES string of the molecule is CCc1c(-c2nsnc2N)nc2cccc(Cl)n12. The van der Waals surface area contributed by atoms with Crippen LogP contribution in [-0.2, 0) is 6.42 Å². The van der Waals surface area contributed by atoms with Crippen LogP contribution in [0.15, 0.2) is 18.2 Å². The Hall–Kier alpha value is -1.66. The highest BCUT2D eigenvalue weighted by Crippen LogP contribution is 2.29. The average molecular weight is 280 g/mol. The first-order valence-electron chi connectivity index (χ1n) is 5.46. The molecule has 3 rings (SSSR count). The summed E-state index contributed by atoms with van der Waals surface area (Å²) in [4.78, 5) is 4.55. The first-order chi connectivity index (χ1) is 8.72. The number of imidazole rings is 1. The topological polar surface area (TPSA) is 69.1 Å². The fourth-order valence-electron chi connectivity index (χ4n) is 1.99. The first-order valence-corrected chi connectivity index (χ1v) is 6.57. The van der Waals surface area contributed by atoms with Crippen LogP contribution in [0.5, 0.6) is 0 Å². The molecule has 3 aromatic heterocycles. The summed E-state index contributed by atoms with van der Waals surface area (Å²) in [5.74, 6) is 0.411. The molecule has 0 amide bonds. The monoisotopic (exact) mass is 279 g/mol. The van der Waals surface area contributed by atoms with E-state index in [-0.39, 0.29) is 0 Å². The molecule has 7 heteroatoms. The molecule has 0 aliphatic rings. The largest absolute Gasteiger partial charge is 0.381 e. The van der Waals surface area contributed by atoms with Crippen molar-refractivity contribution in [2.75, 3.05) is 5.73 Å². The van der Waals surface area contributed by atoms with Crippen LogP contribution in [0, 0.1) is 0 Å². The lowest BCUT2D eigenvalue weighted by molar-refractivity contribution is 0.997. The number of nitrogens with two attached hydrogens (primary N) is 1. The van der Waals surface area contributed by atoms with Crippen molar-refractivity contribution in [2.45, 2.75) is 13.3 Å². The van der Waals surface area contributed by atoms with E-state index >= 15 is 0 Å². The van der Waals surface area contributed by atoms with Crippen LogP contribution >= 0.6 is 23.3 Å². The molecule has 3 aromatic rings. The molecule has 2 N–H and O–H groups in total. The molecule has 0 saturated carbocycles. The van der Waals surface area contributed by atoms with Gasteiger partial charge in [-0.2, -0.15) is 8.75 Å². The third-order valence-electron chi connectivity index (χ3n) is 2.76. The minimum atomic E-state index is 0.411. The standard InChI is InChI=1S/C11H10ClN5S/c1-2-6-9(10-11(13)16-18-15-10)14-8-5-3-4-7(12)17(6)8/h3-5H,2H2,1H3,(H2,13,16). The quantitative estimate of drug-likeness (QED) is 0.732. The molecule has 0 radical (unpaired) electrons. The molecule has 0 aliphatic heterocycles. The van der Waals surface area contributed by atoms with Crippen molar-refractivity contribution in [3.8, 4) is 11.4 Å². The van der Waals surface area contributed by atoms with Gasteiger partial charge in [0.2, 0.25) is 0 Å². The second-order valence-electron chi connectivity index (χ2n) is 3.80. The summed E-state index contributed by atoms with van der Waals surface area (Å²) in [6.45, 7) is 2.05. The van der Waals surface area contributed by atoms with E-state index in [0.717, 1.165) is 35.2 Å². The zero-order valence-electron chi connectivity index (χ0n) is 9.59. The van der Waals surface area contributed by atoms with E-state index in [1.54, 1.807) is 0 Å². The van der Waals surface area contributed by atoms with Crippen LogP contribution < -0.4 is 5.73 Å². The average Bonchev–Trinajstić information content (AvgIpc) is 2.92. The number of halogens is 1. The van der Waals surface area contributed by atoms with Crippen molar-refractivity contribution in [3.05, 3.63) is 29.0 Å². The summed E-state index contributed by atoms with van der Waals surface area (Å²) >= 11 is 7.30. The number of hydrogen-bond acceptors (Lipinski definition) is 5. The molecule has 18 heavy (non-hydrogen) atoms. The maximum absolute atomic E-state index is 6.21.